The molecule has 0 spiro atoms. The van der Waals surface area contributed by atoms with Gasteiger partial charge in [0, 0.05) is 18.7 Å². The Labute approximate surface area is 137 Å². The van der Waals surface area contributed by atoms with E-state index in [1.165, 1.54) is 5.56 Å². The molecule has 5 heteroatoms. The van der Waals surface area contributed by atoms with Gasteiger partial charge in [-0.3, -0.25) is 4.79 Å². The first-order valence-corrected chi connectivity index (χ1v) is 8.34. The number of anilines is 1. The largest absolute Gasteiger partial charge is 0.466 e. The molecule has 0 aliphatic carbocycles. The van der Waals surface area contributed by atoms with Crippen molar-refractivity contribution in [3.8, 4) is 0 Å². The van der Waals surface area contributed by atoms with Crippen molar-refractivity contribution in [1.29, 1.82) is 0 Å². The number of benzene rings is 1. The molecule has 0 saturated heterocycles. The lowest BCUT2D eigenvalue weighted by molar-refractivity contribution is -0.145. The van der Waals surface area contributed by atoms with E-state index in [0.29, 0.717) is 32.6 Å². The van der Waals surface area contributed by atoms with E-state index in [0.717, 1.165) is 18.5 Å². The van der Waals surface area contributed by atoms with Gasteiger partial charge in [-0.1, -0.05) is 18.2 Å². The Morgan fingerprint density at radius 1 is 1.17 bits per heavy atom. The number of hydrogen-bond donors (Lipinski definition) is 0. The summed E-state index contributed by atoms with van der Waals surface area (Å²) in [5, 5.41) is 0. The summed E-state index contributed by atoms with van der Waals surface area (Å²) in [6, 6.07) is 7.84. The van der Waals surface area contributed by atoms with Gasteiger partial charge >= 0.3 is 11.9 Å². The summed E-state index contributed by atoms with van der Waals surface area (Å²) in [7, 11) is 0. The fraction of sp³-hybridized carbons (Fsp3) is 0.556. The minimum Gasteiger partial charge on any atom is -0.466 e. The average molecular weight is 319 g/mol. The maximum atomic E-state index is 12.3. The summed E-state index contributed by atoms with van der Waals surface area (Å²) >= 11 is 0. The number of aryl methyl sites for hydroxylation is 1. The van der Waals surface area contributed by atoms with Gasteiger partial charge in [0.25, 0.3) is 0 Å². The van der Waals surface area contributed by atoms with Gasteiger partial charge < -0.3 is 14.4 Å². The van der Waals surface area contributed by atoms with Gasteiger partial charge in [-0.05, 0) is 44.7 Å². The Hall–Kier alpha value is -2.04. The van der Waals surface area contributed by atoms with Crippen LogP contribution in [-0.4, -0.2) is 37.7 Å². The summed E-state index contributed by atoms with van der Waals surface area (Å²) in [5.74, 6) is -0.372. The third kappa shape index (κ3) is 4.47. The van der Waals surface area contributed by atoms with Crippen LogP contribution in [0.4, 0.5) is 5.69 Å². The third-order valence-corrected chi connectivity index (χ3v) is 4.01. The van der Waals surface area contributed by atoms with Crippen LogP contribution in [0, 0.1) is 0 Å². The zero-order valence-electron chi connectivity index (χ0n) is 13.9. The quantitative estimate of drug-likeness (QED) is 0.723. The molecule has 1 aliphatic heterocycles. The van der Waals surface area contributed by atoms with Crippen LogP contribution in [0.25, 0.3) is 0 Å². The molecule has 0 radical (unpaired) electrons. The van der Waals surface area contributed by atoms with E-state index in [-0.39, 0.29) is 18.0 Å². The molecule has 1 aliphatic rings. The number of rotatable bonds is 7. The molecule has 0 saturated carbocycles. The summed E-state index contributed by atoms with van der Waals surface area (Å²) in [5.41, 5.74) is 2.31. The minimum atomic E-state index is -0.271. The summed E-state index contributed by atoms with van der Waals surface area (Å²) in [6.45, 7) is 5.04. The number of nitrogens with zero attached hydrogens (tertiary/aromatic N) is 1. The molecule has 5 nitrogen and oxygen atoms in total. The monoisotopic (exact) mass is 319 g/mol. The second kappa shape index (κ2) is 8.56. The summed E-state index contributed by atoms with van der Waals surface area (Å²) < 4.78 is 10.2. The second-order valence-corrected chi connectivity index (χ2v) is 5.54. The van der Waals surface area contributed by atoms with Crippen LogP contribution in [0.2, 0.25) is 0 Å². The van der Waals surface area contributed by atoms with Gasteiger partial charge in [-0.25, -0.2) is 4.79 Å². The molecule has 126 valence electrons. The standard InChI is InChI=1S/C18H25NO4/c1-3-22-17(20)10-7-13-19-15-9-6-5-8-14(15)11-12-16(19)18(21)23-4-2/h5-6,8-9,16H,3-4,7,10-13H2,1-2H3/t16-/m0/s1. The predicted octanol–water partition coefficient (Wildman–Crippen LogP) is 2.71. The summed E-state index contributed by atoms with van der Waals surface area (Å²) in [6.07, 6.45) is 2.63. The van der Waals surface area contributed by atoms with Crippen molar-refractivity contribution in [2.75, 3.05) is 24.7 Å². The summed E-state index contributed by atoms with van der Waals surface area (Å²) in [4.78, 5) is 25.9. The number of hydrogen-bond acceptors (Lipinski definition) is 5. The van der Waals surface area contributed by atoms with Gasteiger partial charge in [0.1, 0.15) is 6.04 Å². The van der Waals surface area contributed by atoms with Crippen LogP contribution in [0.5, 0.6) is 0 Å². The van der Waals surface area contributed by atoms with Crippen LogP contribution in [0.15, 0.2) is 24.3 Å². The van der Waals surface area contributed by atoms with Crippen molar-refractivity contribution in [3.05, 3.63) is 29.8 Å². The Bertz CT molecular complexity index is 544. The van der Waals surface area contributed by atoms with E-state index >= 15 is 0 Å². The molecule has 23 heavy (non-hydrogen) atoms. The highest BCUT2D eigenvalue weighted by molar-refractivity contribution is 5.81. The van der Waals surface area contributed by atoms with Crippen molar-refractivity contribution < 1.29 is 19.1 Å². The average Bonchev–Trinajstić information content (AvgIpc) is 2.55. The van der Waals surface area contributed by atoms with E-state index in [4.69, 9.17) is 9.47 Å². The van der Waals surface area contributed by atoms with Crippen molar-refractivity contribution in [2.45, 2.75) is 45.6 Å². The normalized spacial score (nSPS) is 16.6. The molecule has 1 heterocycles. The minimum absolute atomic E-state index is 0.182. The molecule has 1 aromatic rings. The molecule has 0 fully saturated rings. The third-order valence-electron chi connectivity index (χ3n) is 4.01. The van der Waals surface area contributed by atoms with Crippen LogP contribution >= 0.6 is 0 Å². The first kappa shape index (κ1) is 17.3. The smallest absolute Gasteiger partial charge is 0.328 e. The van der Waals surface area contributed by atoms with Gasteiger partial charge in [0.2, 0.25) is 0 Å². The van der Waals surface area contributed by atoms with Crippen molar-refractivity contribution in [1.82, 2.24) is 0 Å². The molecular weight excluding hydrogens is 294 g/mol. The van der Waals surface area contributed by atoms with Crippen LogP contribution in [0.3, 0.4) is 0 Å². The fourth-order valence-corrected chi connectivity index (χ4v) is 3.01. The second-order valence-electron chi connectivity index (χ2n) is 5.54. The molecule has 0 N–H and O–H groups in total. The van der Waals surface area contributed by atoms with Crippen molar-refractivity contribution >= 4 is 17.6 Å². The molecule has 0 bridgehead atoms. The molecule has 0 amide bonds. The molecule has 1 aromatic carbocycles. The van der Waals surface area contributed by atoms with Gasteiger partial charge in [0.05, 0.1) is 13.2 Å². The van der Waals surface area contributed by atoms with Crippen LogP contribution < -0.4 is 4.90 Å². The van der Waals surface area contributed by atoms with Gasteiger partial charge in [-0.2, -0.15) is 0 Å². The van der Waals surface area contributed by atoms with E-state index in [2.05, 4.69) is 11.0 Å². The number of esters is 2. The van der Waals surface area contributed by atoms with E-state index < -0.39 is 0 Å². The van der Waals surface area contributed by atoms with Crippen molar-refractivity contribution in [2.24, 2.45) is 0 Å². The first-order chi connectivity index (χ1) is 11.2. The molecular formula is C18H25NO4. The first-order valence-electron chi connectivity index (χ1n) is 8.34. The number of fused-ring (bicyclic) bond motifs is 1. The number of carbonyl (C=O) groups is 2. The molecule has 1 atom stereocenters. The maximum absolute atomic E-state index is 12.3. The number of para-hydroxylation sites is 1. The maximum Gasteiger partial charge on any atom is 0.328 e. The Morgan fingerprint density at radius 3 is 2.65 bits per heavy atom. The Morgan fingerprint density at radius 2 is 1.91 bits per heavy atom. The Kier molecular flexibility index (Phi) is 6.44. The van der Waals surface area contributed by atoms with Gasteiger partial charge in [-0.15, -0.1) is 0 Å². The zero-order valence-corrected chi connectivity index (χ0v) is 13.9. The van der Waals surface area contributed by atoms with E-state index in [1.807, 2.05) is 25.1 Å². The zero-order chi connectivity index (χ0) is 16.7. The number of carbonyl (C=O) groups excluding carboxylic acids is 2. The molecule has 2 rings (SSSR count). The van der Waals surface area contributed by atoms with Gasteiger partial charge in [0.15, 0.2) is 0 Å². The molecule has 0 unspecified atom stereocenters. The predicted molar refractivity (Wildman–Crippen MR) is 88.4 cm³/mol. The topological polar surface area (TPSA) is 55.8 Å². The van der Waals surface area contributed by atoms with Crippen LogP contribution in [-0.2, 0) is 25.5 Å². The Balaban J connectivity index is 2.08. The van der Waals surface area contributed by atoms with E-state index in [9.17, 15) is 9.59 Å². The highest BCUT2D eigenvalue weighted by Crippen LogP contribution is 2.31. The molecule has 0 aromatic heterocycles. The number of ether oxygens (including phenoxy) is 2. The SMILES string of the molecule is CCOC(=O)CCCN1c2ccccc2CC[C@H]1C(=O)OCC. The lowest BCUT2D eigenvalue weighted by Gasteiger charge is -2.37. The lowest BCUT2D eigenvalue weighted by Crippen LogP contribution is -2.46. The fourth-order valence-electron chi connectivity index (χ4n) is 3.01. The van der Waals surface area contributed by atoms with Crippen molar-refractivity contribution in [3.63, 3.8) is 0 Å². The highest BCUT2D eigenvalue weighted by Gasteiger charge is 2.32. The van der Waals surface area contributed by atoms with Crippen LogP contribution in [0.1, 0.15) is 38.7 Å². The highest BCUT2D eigenvalue weighted by atomic mass is 16.5. The van der Waals surface area contributed by atoms with E-state index in [1.54, 1.807) is 6.92 Å². The lowest BCUT2D eigenvalue weighted by atomic mass is 9.95.